The number of hydrogen-bond acceptors (Lipinski definition) is 5. The highest BCUT2D eigenvalue weighted by atomic mass is 32.1. The van der Waals surface area contributed by atoms with Gasteiger partial charge in [-0.3, -0.25) is 9.59 Å². The number of carbonyl (C=O) groups is 2. The minimum Gasteiger partial charge on any atom is -0.494 e. The van der Waals surface area contributed by atoms with Crippen LogP contribution in [0.25, 0.3) is 10.2 Å². The lowest BCUT2D eigenvalue weighted by Crippen LogP contribution is -2.19. The lowest BCUT2D eigenvalue weighted by molar-refractivity contribution is -0.114. The van der Waals surface area contributed by atoms with Crippen LogP contribution in [-0.2, 0) is 16.1 Å². The Kier molecular flexibility index (Phi) is 8.58. The monoisotopic (exact) mass is 455 g/mol. The number of aromatic nitrogens is 1. The molecule has 170 valence electrons. The zero-order valence-corrected chi connectivity index (χ0v) is 19.5. The molecule has 1 N–H and O–H groups in total. The summed E-state index contributed by atoms with van der Waals surface area (Å²) in [5.74, 6) is 0.208. The van der Waals surface area contributed by atoms with E-state index in [1.807, 2.05) is 34.9 Å². The van der Waals surface area contributed by atoms with Crippen LogP contribution in [0.3, 0.4) is 0 Å². The van der Waals surface area contributed by atoms with E-state index in [1.54, 1.807) is 19.2 Å². The van der Waals surface area contributed by atoms with Crippen molar-refractivity contribution in [2.45, 2.75) is 39.7 Å². The van der Waals surface area contributed by atoms with Gasteiger partial charge in [-0.25, -0.2) is 0 Å². The maximum atomic E-state index is 12.9. The first kappa shape index (κ1) is 23.7. The summed E-state index contributed by atoms with van der Waals surface area (Å²) in [6, 6.07) is 12.8. The maximum absolute atomic E-state index is 12.9. The Balaban J connectivity index is 1.91. The molecule has 0 unspecified atom stereocenters. The van der Waals surface area contributed by atoms with Crippen molar-refractivity contribution in [3.05, 3.63) is 52.8 Å². The maximum Gasteiger partial charge on any atom is 0.279 e. The highest BCUT2D eigenvalue weighted by Crippen LogP contribution is 2.22. The molecule has 0 fully saturated rings. The van der Waals surface area contributed by atoms with E-state index < -0.39 is 0 Å². The Labute approximate surface area is 191 Å². The van der Waals surface area contributed by atoms with Crippen LogP contribution in [0.2, 0.25) is 0 Å². The Hall–Kier alpha value is -2.97. The molecular formula is C24H29N3O4S. The van der Waals surface area contributed by atoms with Crippen molar-refractivity contribution in [2.24, 2.45) is 4.99 Å². The summed E-state index contributed by atoms with van der Waals surface area (Å²) >= 11 is 1.40. The van der Waals surface area contributed by atoms with Gasteiger partial charge in [0, 0.05) is 31.8 Å². The molecule has 0 aliphatic carbocycles. The van der Waals surface area contributed by atoms with E-state index >= 15 is 0 Å². The standard InChI is InChI=1S/C24H29N3O4S/c1-4-5-6-13-31-20-9-7-8-18(15-20)23(29)26-24-27(12-14-30-3)21-11-10-19(25-17(2)28)16-22(21)32-24/h7-11,15-16H,4-6,12-14H2,1-3H3,(H,25,28). The summed E-state index contributed by atoms with van der Waals surface area (Å²) in [4.78, 5) is 29.3. The zero-order chi connectivity index (χ0) is 22.9. The summed E-state index contributed by atoms with van der Waals surface area (Å²) in [5.41, 5.74) is 2.12. The van der Waals surface area contributed by atoms with Gasteiger partial charge in [-0.2, -0.15) is 4.99 Å². The number of benzene rings is 2. The first-order chi connectivity index (χ1) is 15.5. The number of ether oxygens (including phenoxy) is 2. The zero-order valence-electron chi connectivity index (χ0n) is 18.7. The summed E-state index contributed by atoms with van der Waals surface area (Å²) in [6.07, 6.45) is 3.23. The molecule has 0 saturated heterocycles. The Morgan fingerprint density at radius 1 is 1.12 bits per heavy atom. The lowest BCUT2D eigenvalue weighted by Gasteiger charge is -2.07. The minimum absolute atomic E-state index is 0.134. The smallest absolute Gasteiger partial charge is 0.279 e. The van der Waals surface area contributed by atoms with Gasteiger partial charge in [0.2, 0.25) is 5.91 Å². The van der Waals surface area contributed by atoms with Crippen LogP contribution >= 0.6 is 11.3 Å². The summed E-state index contributed by atoms with van der Waals surface area (Å²) in [5, 5.41) is 2.79. The van der Waals surface area contributed by atoms with Gasteiger partial charge in [0.15, 0.2) is 4.80 Å². The number of methoxy groups -OCH3 is 1. The number of nitrogens with zero attached hydrogens (tertiary/aromatic N) is 2. The molecule has 1 heterocycles. The second-order valence-electron chi connectivity index (χ2n) is 7.39. The number of amides is 2. The third-order valence-corrected chi connectivity index (χ3v) is 5.86. The van der Waals surface area contributed by atoms with Gasteiger partial charge < -0.3 is 19.4 Å². The molecule has 3 rings (SSSR count). The fraction of sp³-hybridized carbons (Fsp3) is 0.375. The fourth-order valence-electron chi connectivity index (χ4n) is 3.25. The number of anilines is 1. The van der Waals surface area contributed by atoms with E-state index in [4.69, 9.17) is 9.47 Å². The third kappa shape index (κ3) is 6.27. The molecule has 3 aromatic rings. The number of unbranched alkanes of at least 4 members (excludes halogenated alkanes) is 2. The van der Waals surface area contributed by atoms with Gasteiger partial charge in [-0.05, 0) is 42.8 Å². The number of fused-ring (bicyclic) bond motifs is 1. The predicted octanol–water partition coefficient (Wildman–Crippen LogP) is 4.62. The van der Waals surface area contributed by atoms with Crippen LogP contribution < -0.4 is 14.9 Å². The molecule has 0 aliphatic heterocycles. The Morgan fingerprint density at radius 2 is 1.97 bits per heavy atom. The number of hydrogen-bond donors (Lipinski definition) is 1. The molecule has 32 heavy (non-hydrogen) atoms. The molecule has 7 nitrogen and oxygen atoms in total. The van der Waals surface area contributed by atoms with Gasteiger partial charge in [-0.1, -0.05) is 37.2 Å². The molecular weight excluding hydrogens is 426 g/mol. The molecule has 8 heteroatoms. The second-order valence-corrected chi connectivity index (χ2v) is 8.40. The largest absolute Gasteiger partial charge is 0.494 e. The van der Waals surface area contributed by atoms with Crippen LogP contribution in [0.1, 0.15) is 43.5 Å². The SMILES string of the molecule is CCCCCOc1cccc(C(=O)N=c2sc3cc(NC(C)=O)ccc3n2CCOC)c1. The molecule has 0 bridgehead atoms. The topological polar surface area (TPSA) is 81.9 Å². The molecule has 1 aromatic heterocycles. The van der Waals surface area contributed by atoms with Gasteiger partial charge in [0.05, 0.1) is 23.4 Å². The van der Waals surface area contributed by atoms with Crippen molar-refractivity contribution in [1.29, 1.82) is 0 Å². The molecule has 2 aromatic carbocycles. The van der Waals surface area contributed by atoms with E-state index in [0.29, 0.717) is 41.6 Å². The fourth-order valence-corrected chi connectivity index (χ4v) is 4.34. The summed E-state index contributed by atoms with van der Waals surface area (Å²) in [6.45, 7) is 5.30. The Bertz CT molecular complexity index is 1150. The molecule has 0 aliphatic rings. The van der Waals surface area contributed by atoms with Crippen molar-refractivity contribution < 1.29 is 19.1 Å². The van der Waals surface area contributed by atoms with Crippen LogP contribution in [0, 0.1) is 0 Å². The average Bonchev–Trinajstić information content (AvgIpc) is 3.11. The Morgan fingerprint density at radius 3 is 2.72 bits per heavy atom. The van der Waals surface area contributed by atoms with E-state index in [-0.39, 0.29) is 11.8 Å². The van der Waals surface area contributed by atoms with Crippen LogP contribution in [-0.4, -0.2) is 36.7 Å². The van der Waals surface area contributed by atoms with Crippen molar-refractivity contribution in [3.8, 4) is 5.75 Å². The summed E-state index contributed by atoms with van der Waals surface area (Å²) in [7, 11) is 1.64. The third-order valence-electron chi connectivity index (χ3n) is 4.82. The van der Waals surface area contributed by atoms with E-state index in [0.717, 1.165) is 29.5 Å². The second kappa shape index (κ2) is 11.6. The minimum atomic E-state index is -0.330. The lowest BCUT2D eigenvalue weighted by atomic mass is 10.2. The predicted molar refractivity (Wildman–Crippen MR) is 127 cm³/mol. The van der Waals surface area contributed by atoms with E-state index in [9.17, 15) is 9.59 Å². The van der Waals surface area contributed by atoms with Gasteiger partial charge >= 0.3 is 0 Å². The molecule has 0 radical (unpaired) electrons. The van der Waals surface area contributed by atoms with Gasteiger partial charge in [-0.15, -0.1) is 0 Å². The highest BCUT2D eigenvalue weighted by molar-refractivity contribution is 7.16. The van der Waals surface area contributed by atoms with Crippen LogP contribution in [0.4, 0.5) is 5.69 Å². The number of rotatable bonds is 10. The van der Waals surface area contributed by atoms with Crippen molar-refractivity contribution in [2.75, 3.05) is 25.6 Å². The van der Waals surface area contributed by atoms with Crippen molar-refractivity contribution in [3.63, 3.8) is 0 Å². The first-order valence-electron chi connectivity index (χ1n) is 10.7. The number of carbonyl (C=O) groups excluding carboxylic acids is 2. The summed E-state index contributed by atoms with van der Waals surface area (Å²) < 4.78 is 13.9. The van der Waals surface area contributed by atoms with E-state index in [2.05, 4.69) is 17.2 Å². The number of thiazole rings is 1. The van der Waals surface area contributed by atoms with E-state index in [1.165, 1.54) is 18.3 Å². The number of nitrogens with one attached hydrogen (secondary N) is 1. The van der Waals surface area contributed by atoms with Gasteiger partial charge in [0.25, 0.3) is 5.91 Å². The normalized spacial score (nSPS) is 11.7. The molecule has 0 spiro atoms. The molecule has 2 amide bonds. The highest BCUT2D eigenvalue weighted by Gasteiger charge is 2.11. The van der Waals surface area contributed by atoms with Crippen molar-refractivity contribution in [1.82, 2.24) is 4.57 Å². The average molecular weight is 456 g/mol. The van der Waals surface area contributed by atoms with Gasteiger partial charge in [0.1, 0.15) is 5.75 Å². The van der Waals surface area contributed by atoms with Crippen LogP contribution in [0.5, 0.6) is 5.75 Å². The molecule has 0 atom stereocenters. The molecule has 0 saturated carbocycles. The van der Waals surface area contributed by atoms with Crippen LogP contribution in [0.15, 0.2) is 47.5 Å². The first-order valence-corrected chi connectivity index (χ1v) is 11.5. The van der Waals surface area contributed by atoms with Crippen molar-refractivity contribution >= 4 is 39.1 Å². The quantitative estimate of drug-likeness (QED) is 0.452.